The van der Waals surface area contributed by atoms with E-state index in [1.807, 2.05) is 0 Å². The molecule has 1 aliphatic rings. The van der Waals surface area contributed by atoms with Crippen molar-refractivity contribution in [1.29, 1.82) is 0 Å². The van der Waals surface area contributed by atoms with E-state index in [1.165, 1.54) is 12.1 Å². The Kier molecular flexibility index (Phi) is 10.00. The number of alkyl halides is 15. The number of fused-ring (bicyclic) bond motifs is 2. The van der Waals surface area contributed by atoms with Crippen molar-refractivity contribution in [2.75, 3.05) is 10.6 Å². The van der Waals surface area contributed by atoms with Crippen LogP contribution in [0, 0.1) is 0 Å². The second kappa shape index (κ2) is 12.5. The number of anilines is 2. The third-order valence-electron chi connectivity index (χ3n) is 7.22. The van der Waals surface area contributed by atoms with Crippen molar-refractivity contribution in [3.63, 3.8) is 0 Å². The van der Waals surface area contributed by atoms with Gasteiger partial charge in [-0.25, -0.2) is 0 Å². The molecule has 270 valence electrons. The maximum atomic E-state index is 14.6. The van der Waals surface area contributed by atoms with Crippen LogP contribution >= 0.6 is 0 Å². The van der Waals surface area contributed by atoms with Crippen molar-refractivity contribution in [2.45, 2.75) is 74.3 Å². The first-order chi connectivity index (χ1) is 22.1. The first-order valence-electron chi connectivity index (χ1n) is 13.4. The van der Waals surface area contributed by atoms with Crippen molar-refractivity contribution >= 4 is 34.8 Å². The zero-order valence-corrected chi connectivity index (χ0v) is 24.1. The Hall–Kier alpha value is -4.33. The highest BCUT2D eigenvalue weighted by Crippen LogP contribution is 2.62. The number of hydrogen-bond acceptors (Lipinski definition) is 4. The molecule has 0 saturated heterocycles. The van der Waals surface area contributed by atoms with E-state index in [1.54, 1.807) is 6.92 Å². The summed E-state index contributed by atoms with van der Waals surface area (Å²) in [6.45, 7) is 1.79. The minimum Gasteiger partial charge on any atom is -0.325 e. The third-order valence-corrected chi connectivity index (χ3v) is 7.22. The maximum absolute atomic E-state index is 14.6. The molecule has 6 nitrogen and oxygen atoms in total. The van der Waals surface area contributed by atoms with E-state index in [4.69, 9.17) is 0 Å². The molecule has 0 atom stereocenters. The van der Waals surface area contributed by atoms with E-state index < -0.39 is 93.2 Å². The number of amides is 2. The van der Waals surface area contributed by atoms with Gasteiger partial charge in [0.05, 0.1) is 22.5 Å². The van der Waals surface area contributed by atoms with Crippen molar-refractivity contribution in [3.8, 4) is 0 Å². The summed E-state index contributed by atoms with van der Waals surface area (Å²) in [5, 5.41) is 3.02. The summed E-state index contributed by atoms with van der Waals surface area (Å²) in [5.74, 6) is -56.4. The van der Waals surface area contributed by atoms with Gasteiger partial charge < -0.3 is 10.6 Å². The second-order valence-electron chi connectivity index (χ2n) is 10.5. The molecule has 0 bridgehead atoms. The fraction of sp³-hybridized carbons (Fsp3) is 0.429. The molecule has 0 heterocycles. The Morgan fingerprint density at radius 2 is 0.980 bits per heavy atom. The molecule has 2 aromatic carbocycles. The van der Waals surface area contributed by atoms with Crippen LogP contribution in [0.5, 0.6) is 0 Å². The van der Waals surface area contributed by atoms with Crippen LogP contribution < -0.4 is 10.6 Å². The Bertz CT molecular complexity index is 1670. The van der Waals surface area contributed by atoms with Crippen molar-refractivity contribution in [2.24, 2.45) is 0 Å². The zero-order valence-electron chi connectivity index (χ0n) is 24.1. The lowest BCUT2D eigenvalue weighted by molar-refractivity contribution is -0.449. The first kappa shape index (κ1) is 39.1. The molecule has 0 aliphatic heterocycles. The van der Waals surface area contributed by atoms with E-state index in [-0.39, 0.29) is 12.0 Å². The van der Waals surface area contributed by atoms with Gasteiger partial charge in [-0.3, -0.25) is 19.2 Å². The van der Waals surface area contributed by atoms with E-state index in [9.17, 15) is 85.0 Å². The third kappa shape index (κ3) is 5.97. The molecule has 0 unspecified atom stereocenters. The normalized spacial score (nSPS) is 14.7. The molecular formula is C28H19F15N2O4. The van der Waals surface area contributed by atoms with Crippen LogP contribution in [0.2, 0.25) is 0 Å². The molecule has 2 aromatic rings. The summed E-state index contributed by atoms with van der Waals surface area (Å²) in [4.78, 5) is 51.3. The SMILES string of the molecule is CCCCCC(=O)Nc1ccc(NC(=O)C(F)(F)C(F)(F)C(F)(F)C(F)(F)C(F)(F)C(F)(F)C(F)(F)F)c2c1C(=O)c1ccccc1C2=O. The van der Waals surface area contributed by atoms with Crippen LogP contribution in [0.1, 0.15) is 64.4 Å². The molecule has 21 heteroatoms. The molecule has 0 aromatic heterocycles. The second-order valence-corrected chi connectivity index (χ2v) is 10.5. The summed E-state index contributed by atoms with van der Waals surface area (Å²) in [6, 6.07) is 5.49. The molecule has 0 saturated carbocycles. The molecule has 2 amide bonds. The predicted molar refractivity (Wildman–Crippen MR) is 137 cm³/mol. The number of nitrogens with one attached hydrogen (secondary N) is 2. The van der Waals surface area contributed by atoms with E-state index in [2.05, 4.69) is 5.32 Å². The molecular weight excluding hydrogens is 713 g/mol. The highest BCUT2D eigenvalue weighted by atomic mass is 19.4. The Morgan fingerprint density at radius 3 is 1.41 bits per heavy atom. The summed E-state index contributed by atoms with van der Waals surface area (Å²) < 4.78 is 204. The number of carbonyl (C=O) groups excluding carboxylic acids is 4. The van der Waals surface area contributed by atoms with Crippen LogP contribution in [0.25, 0.3) is 0 Å². The minimum absolute atomic E-state index is 0.159. The molecule has 0 spiro atoms. The van der Waals surface area contributed by atoms with Crippen LogP contribution in [0.4, 0.5) is 77.2 Å². The summed E-state index contributed by atoms with van der Waals surface area (Å²) in [5.41, 5.74) is -4.81. The van der Waals surface area contributed by atoms with Crippen molar-refractivity contribution in [3.05, 3.63) is 58.7 Å². The smallest absolute Gasteiger partial charge is 0.325 e. The van der Waals surface area contributed by atoms with Crippen LogP contribution in [-0.4, -0.2) is 65.1 Å². The average Bonchev–Trinajstić information content (AvgIpc) is 2.99. The number of unbranched alkanes of at least 4 members (excludes halogenated alkanes) is 2. The lowest BCUT2D eigenvalue weighted by atomic mass is 9.82. The Morgan fingerprint density at radius 1 is 0.571 bits per heavy atom. The zero-order chi connectivity index (χ0) is 37.8. The van der Waals surface area contributed by atoms with E-state index >= 15 is 0 Å². The molecule has 0 radical (unpaired) electrons. The molecule has 3 rings (SSSR count). The van der Waals surface area contributed by atoms with E-state index in [0.29, 0.717) is 31.4 Å². The Balaban J connectivity index is 2.11. The van der Waals surface area contributed by atoms with Crippen molar-refractivity contribution in [1.82, 2.24) is 0 Å². The van der Waals surface area contributed by atoms with Crippen LogP contribution in [0.3, 0.4) is 0 Å². The maximum Gasteiger partial charge on any atom is 0.460 e. The van der Waals surface area contributed by atoms with E-state index in [0.717, 1.165) is 17.4 Å². The van der Waals surface area contributed by atoms with Gasteiger partial charge in [0.1, 0.15) is 0 Å². The molecule has 2 N–H and O–H groups in total. The average molecular weight is 732 g/mol. The van der Waals surface area contributed by atoms with Gasteiger partial charge in [0.15, 0.2) is 11.6 Å². The Labute approximate surface area is 264 Å². The number of hydrogen-bond donors (Lipinski definition) is 2. The van der Waals surface area contributed by atoms with Gasteiger partial charge in [-0.15, -0.1) is 0 Å². The van der Waals surface area contributed by atoms with Gasteiger partial charge in [-0.05, 0) is 18.6 Å². The van der Waals surface area contributed by atoms with Gasteiger partial charge in [0.2, 0.25) is 5.91 Å². The lowest BCUT2D eigenvalue weighted by Gasteiger charge is -2.41. The standard InChI is InChI=1S/C28H19F15N2O4/c1-2-3-4-9-16(46)44-14-10-11-15(18-17(14)19(47)12-7-5-6-8-13(12)20(18)48)45-21(49)22(29,30)23(31,32)24(33,34)25(35,36)26(37,38)27(39,40)28(41,42)43/h5-8,10-11H,2-4,9H2,1H3,(H,44,46)(H,45,49). The monoisotopic (exact) mass is 732 g/mol. The highest BCUT2D eigenvalue weighted by molar-refractivity contribution is 6.32. The van der Waals surface area contributed by atoms with Gasteiger partial charge >= 0.3 is 47.6 Å². The van der Waals surface area contributed by atoms with Gasteiger partial charge in [0.25, 0.3) is 0 Å². The number of halogens is 15. The van der Waals surface area contributed by atoms with Crippen molar-refractivity contribution < 1.29 is 85.0 Å². The van der Waals surface area contributed by atoms with Crippen LogP contribution in [-0.2, 0) is 9.59 Å². The van der Waals surface area contributed by atoms with Gasteiger partial charge in [-0.2, -0.15) is 65.9 Å². The summed E-state index contributed by atoms with van der Waals surface area (Å²) in [6.07, 6.45) is -6.41. The molecule has 0 fully saturated rings. The molecule has 1 aliphatic carbocycles. The van der Waals surface area contributed by atoms with Crippen LogP contribution in [0.15, 0.2) is 36.4 Å². The number of carbonyl (C=O) groups is 4. The fourth-order valence-electron chi connectivity index (χ4n) is 4.49. The lowest BCUT2D eigenvalue weighted by Crippen LogP contribution is -2.73. The quantitative estimate of drug-likeness (QED) is 0.145. The molecule has 49 heavy (non-hydrogen) atoms. The fourth-order valence-corrected chi connectivity index (χ4v) is 4.49. The largest absolute Gasteiger partial charge is 0.460 e. The number of rotatable bonds is 12. The number of benzene rings is 2. The van der Waals surface area contributed by atoms with Gasteiger partial charge in [0, 0.05) is 17.5 Å². The first-order valence-corrected chi connectivity index (χ1v) is 13.4. The minimum atomic E-state index is -8.62. The predicted octanol–water partition coefficient (Wildman–Crippen LogP) is 8.29. The highest BCUT2D eigenvalue weighted by Gasteiger charge is 2.94. The topological polar surface area (TPSA) is 92.3 Å². The summed E-state index contributed by atoms with van der Waals surface area (Å²) >= 11 is 0. The summed E-state index contributed by atoms with van der Waals surface area (Å²) in [7, 11) is 0. The number of ketones is 2. The van der Waals surface area contributed by atoms with Gasteiger partial charge in [-0.1, -0.05) is 44.0 Å².